The first-order valence-electron chi connectivity index (χ1n) is 8.20. The van der Waals surface area contributed by atoms with E-state index < -0.39 is 0 Å². The maximum Gasteiger partial charge on any atom is 0.223 e. The van der Waals surface area contributed by atoms with Gasteiger partial charge in [-0.25, -0.2) is 0 Å². The van der Waals surface area contributed by atoms with E-state index in [0.717, 1.165) is 23.9 Å². The summed E-state index contributed by atoms with van der Waals surface area (Å²) >= 11 is 0. The summed E-state index contributed by atoms with van der Waals surface area (Å²) in [7, 11) is 0. The maximum atomic E-state index is 12.6. The lowest BCUT2D eigenvalue weighted by atomic mass is 9.92. The van der Waals surface area contributed by atoms with Gasteiger partial charge < -0.3 is 15.6 Å². The molecule has 2 atom stereocenters. The van der Waals surface area contributed by atoms with Gasteiger partial charge in [0.15, 0.2) is 0 Å². The molecule has 0 radical (unpaired) electrons. The fraction of sp³-hybridized carbons (Fsp3) is 0.444. The molecule has 0 bridgehead atoms. The summed E-state index contributed by atoms with van der Waals surface area (Å²) in [5, 5.41) is 1.17. The van der Waals surface area contributed by atoms with Gasteiger partial charge in [0.25, 0.3) is 0 Å². The van der Waals surface area contributed by atoms with Gasteiger partial charge in [0.2, 0.25) is 11.8 Å². The van der Waals surface area contributed by atoms with E-state index in [0.29, 0.717) is 19.4 Å². The number of rotatable bonds is 4. The molecule has 1 aromatic carbocycles. The quantitative estimate of drug-likeness (QED) is 0.907. The van der Waals surface area contributed by atoms with Crippen LogP contribution in [0.15, 0.2) is 30.5 Å². The monoisotopic (exact) mass is 313 g/mol. The molecule has 0 saturated carbocycles. The molecule has 5 nitrogen and oxygen atoms in total. The number of fused-ring (bicyclic) bond motifs is 1. The minimum absolute atomic E-state index is 0.105. The number of aryl methyl sites for hydroxylation is 1. The Morgan fingerprint density at radius 3 is 2.87 bits per heavy atom. The van der Waals surface area contributed by atoms with E-state index in [2.05, 4.69) is 11.1 Å². The average molecular weight is 313 g/mol. The molecule has 3 N–H and O–H groups in total. The number of hydrogen-bond acceptors (Lipinski definition) is 2. The zero-order valence-electron chi connectivity index (χ0n) is 13.4. The Balaban J connectivity index is 1.65. The Kier molecular flexibility index (Phi) is 4.37. The van der Waals surface area contributed by atoms with Gasteiger partial charge in [0, 0.05) is 36.1 Å². The van der Waals surface area contributed by atoms with Crippen LogP contribution in [0.4, 0.5) is 0 Å². The number of carbonyl (C=O) groups excluding carboxylic acids is 2. The molecule has 23 heavy (non-hydrogen) atoms. The number of para-hydroxylation sites is 1. The van der Waals surface area contributed by atoms with Crippen molar-refractivity contribution in [1.29, 1.82) is 0 Å². The van der Waals surface area contributed by atoms with Crippen LogP contribution in [0.2, 0.25) is 0 Å². The molecule has 1 fully saturated rings. The van der Waals surface area contributed by atoms with Gasteiger partial charge in [0.1, 0.15) is 0 Å². The number of likely N-dealkylation sites (tertiary alicyclic amines) is 1. The first kappa shape index (κ1) is 15.6. The number of nitrogens with zero attached hydrogens (tertiary/aromatic N) is 1. The van der Waals surface area contributed by atoms with E-state index in [-0.39, 0.29) is 23.8 Å². The van der Waals surface area contributed by atoms with Crippen molar-refractivity contribution in [2.24, 2.45) is 11.7 Å². The first-order valence-corrected chi connectivity index (χ1v) is 8.20. The molecule has 122 valence electrons. The van der Waals surface area contributed by atoms with Crippen LogP contribution >= 0.6 is 0 Å². The van der Waals surface area contributed by atoms with Crippen LogP contribution in [0.25, 0.3) is 10.9 Å². The minimum atomic E-state index is -0.300. The highest BCUT2D eigenvalue weighted by atomic mass is 16.2. The highest BCUT2D eigenvalue weighted by molar-refractivity contribution is 5.84. The summed E-state index contributed by atoms with van der Waals surface area (Å²) in [5.41, 5.74) is 7.66. The second-order valence-electron chi connectivity index (χ2n) is 6.43. The third-order valence-corrected chi connectivity index (χ3v) is 4.89. The molecule has 0 aliphatic carbocycles. The van der Waals surface area contributed by atoms with Crippen LogP contribution in [-0.2, 0) is 16.0 Å². The zero-order chi connectivity index (χ0) is 16.4. The van der Waals surface area contributed by atoms with Crippen LogP contribution < -0.4 is 5.73 Å². The molecule has 3 rings (SSSR count). The Hall–Kier alpha value is -2.30. The summed E-state index contributed by atoms with van der Waals surface area (Å²) in [5.74, 6) is -0.400. The predicted molar refractivity (Wildman–Crippen MR) is 89.7 cm³/mol. The number of nitrogens with one attached hydrogen (secondary N) is 1. The molecule has 0 unspecified atom stereocenters. The second kappa shape index (κ2) is 6.44. The molecule has 1 aliphatic heterocycles. The maximum absolute atomic E-state index is 12.6. The molecular formula is C18H23N3O2. The van der Waals surface area contributed by atoms with E-state index in [1.807, 2.05) is 36.2 Å². The molecule has 2 heterocycles. The average Bonchev–Trinajstić information content (AvgIpc) is 2.96. The summed E-state index contributed by atoms with van der Waals surface area (Å²) in [6.45, 7) is 2.50. The van der Waals surface area contributed by atoms with Gasteiger partial charge >= 0.3 is 0 Å². The Labute approximate surface area is 135 Å². The summed E-state index contributed by atoms with van der Waals surface area (Å²) in [6.07, 6.45) is 4.75. The molecule has 5 heteroatoms. The smallest absolute Gasteiger partial charge is 0.223 e. The predicted octanol–water partition coefficient (Wildman–Crippen LogP) is 2.21. The fourth-order valence-corrected chi connectivity index (χ4v) is 3.41. The van der Waals surface area contributed by atoms with E-state index >= 15 is 0 Å². The normalized spacial score (nSPS) is 21.5. The number of aromatic amines is 1. The summed E-state index contributed by atoms with van der Waals surface area (Å²) in [4.78, 5) is 29.0. The van der Waals surface area contributed by atoms with Crippen LogP contribution in [0, 0.1) is 5.92 Å². The number of benzene rings is 1. The first-order chi connectivity index (χ1) is 11.1. The lowest BCUT2D eigenvalue weighted by Crippen LogP contribution is -2.48. The molecule has 2 amide bonds. The number of primary amides is 1. The van der Waals surface area contributed by atoms with Crippen molar-refractivity contribution in [3.63, 3.8) is 0 Å². The van der Waals surface area contributed by atoms with Gasteiger partial charge in [-0.2, -0.15) is 0 Å². The van der Waals surface area contributed by atoms with Gasteiger partial charge in [-0.15, -0.1) is 0 Å². The lowest BCUT2D eigenvalue weighted by Gasteiger charge is -2.37. The van der Waals surface area contributed by atoms with Gasteiger partial charge in [-0.1, -0.05) is 18.2 Å². The standard InChI is InChI=1S/C18H23N3O2/c1-12-6-7-14(18(19)23)11-21(12)17(22)9-8-13-10-20-16-5-3-2-4-15(13)16/h2-5,10,12,14,20H,6-9,11H2,1H3,(H2,19,23)/t12-,14+/m0/s1. The van der Waals surface area contributed by atoms with E-state index in [4.69, 9.17) is 5.73 Å². The number of aromatic nitrogens is 1. The number of piperidine rings is 1. The van der Waals surface area contributed by atoms with Crippen molar-refractivity contribution in [3.05, 3.63) is 36.0 Å². The van der Waals surface area contributed by atoms with Gasteiger partial charge in [0.05, 0.1) is 5.92 Å². The summed E-state index contributed by atoms with van der Waals surface area (Å²) in [6, 6.07) is 8.28. The minimum Gasteiger partial charge on any atom is -0.369 e. The van der Waals surface area contributed by atoms with Crippen LogP contribution in [-0.4, -0.2) is 34.3 Å². The number of amides is 2. The van der Waals surface area contributed by atoms with Crippen LogP contribution in [0.5, 0.6) is 0 Å². The van der Waals surface area contributed by atoms with E-state index in [1.165, 1.54) is 5.39 Å². The molecule has 1 saturated heterocycles. The molecule has 2 aromatic rings. The fourth-order valence-electron chi connectivity index (χ4n) is 3.41. The Morgan fingerprint density at radius 1 is 1.30 bits per heavy atom. The third-order valence-electron chi connectivity index (χ3n) is 4.89. The number of nitrogens with two attached hydrogens (primary N) is 1. The van der Waals surface area contributed by atoms with E-state index in [9.17, 15) is 9.59 Å². The number of H-pyrrole nitrogens is 1. The van der Waals surface area contributed by atoms with Crippen molar-refractivity contribution >= 4 is 22.7 Å². The van der Waals surface area contributed by atoms with Crippen molar-refractivity contribution in [1.82, 2.24) is 9.88 Å². The topological polar surface area (TPSA) is 79.2 Å². The SMILES string of the molecule is C[C@H]1CC[C@@H](C(N)=O)CN1C(=O)CCc1c[nH]c2ccccc12. The highest BCUT2D eigenvalue weighted by Crippen LogP contribution is 2.24. The highest BCUT2D eigenvalue weighted by Gasteiger charge is 2.31. The Morgan fingerprint density at radius 2 is 2.09 bits per heavy atom. The van der Waals surface area contributed by atoms with Crippen LogP contribution in [0.3, 0.4) is 0 Å². The van der Waals surface area contributed by atoms with Crippen molar-refractivity contribution < 1.29 is 9.59 Å². The largest absolute Gasteiger partial charge is 0.369 e. The van der Waals surface area contributed by atoms with Crippen LogP contribution in [0.1, 0.15) is 31.7 Å². The Bertz CT molecular complexity index is 722. The third kappa shape index (κ3) is 3.23. The number of carbonyl (C=O) groups is 2. The van der Waals surface area contributed by atoms with Crippen molar-refractivity contribution in [3.8, 4) is 0 Å². The summed E-state index contributed by atoms with van der Waals surface area (Å²) < 4.78 is 0. The van der Waals surface area contributed by atoms with Crippen molar-refractivity contribution in [2.45, 2.75) is 38.6 Å². The van der Waals surface area contributed by atoms with Crippen molar-refractivity contribution in [2.75, 3.05) is 6.54 Å². The lowest BCUT2D eigenvalue weighted by molar-refractivity contribution is -0.137. The molecule has 1 aromatic heterocycles. The van der Waals surface area contributed by atoms with Gasteiger partial charge in [-0.05, 0) is 37.8 Å². The molecule has 0 spiro atoms. The second-order valence-corrected chi connectivity index (χ2v) is 6.43. The van der Waals surface area contributed by atoms with E-state index in [1.54, 1.807) is 0 Å². The zero-order valence-corrected chi connectivity index (χ0v) is 13.4. The molecule has 1 aliphatic rings. The van der Waals surface area contributed by atoms with Gasteiger partial charge in [-0.3, -0.25) is 9.59 Å². The molecular weight excluding hydrogens is 290 g/mol. The number of hydrogen-bond donors (Lipinski definition) is 2.